The van der Waals surface area contributed by atoms with Crippen LogP contribution in [-0.4, -0.2) is 6.71 Å². The van der Waals surface area contributed by atoms with Crippen molar-refractivity contribution in [3.63, 3.8) is 0 Å². The molecule has 0 spiro atoms. The maximum absolute atomic E-state index is 2.65. The van der Waals surface area contributed by atoms with Crippen LogP contribution in [0, 0.1) is 18.3 Å². The number of nitrogens with zero attached hydrogens (tertiary/aromatic N) is 2. The van der Waals surface area contributed by atoms with E-state index in [1.165, 1.54) is 95.0 Å². The molecule has 1 atom stereocenters. The Morgan fingerprint density at radius 3 is 1.37 bits per heavy atom. The topological polar surface area (TPSA) is 6.48 Å². The van der Waals surface area contributed by atoms with E-state index in [4.69, 9.17) is 0 Å². The Balaban J connectivity index is 1.46. The van der Waals surface area contributed by atoms with Crippen molar-refractivity contribution in [2.75, 3.05) is 9.80 Å². The van der Waals surface area contributed by atoms with Gasteiger partial charge in [0.05, 0.1) is 0 Å². The van der Waals surface area contributed by atoms with E-state index < -0.39 is 0 Å². The van der Waals surface area contributed by atoms with Crippen molar-refractivity contribution in [1.29, 1.82) is 0 Å². The number of rotatable bonds is 4. The molecule has 9 rings (SSSR count). The van der Waals surface area contributed by atoms with Gasteiger partial charge in [0.25, 0.3) is 6.71 Å². The van der Waals surface area contributed by atoms with Gasteiger partial charge in [-0.15, -0.1) is 0 Å². The summed E-state index contributed by atoms with van der Waals surface area (Å²) in [4.78, 5) is 5.26. The molecule has 6 aromatic carbocycles. The molecule has 2 nitrogen and oxygen atoms in total. The summed E-state index contributed by atoms with van der Waals surface area (Å²) in [5, 5.41) is 0. The van der Waals surface area contributed by atoms with Crippen molar-refractivity contribution in [2.24, 2.45) is 11.3 Å². The minimum atomic E-state index is -0.0822. The first-order valence-electron chi connectivity index (χ1n) is 22.9. The molecule has 0 N–H and O–H groups in total. The molecule has 0 saturated carbocycles. The van der Waals surface area contributed by atoms with Crippen molar-refractivity contribution in [1.82, 2.24) is 0 Å². The average Bonchev–Trinajstić information content (AvgIpc) is 3.22. The van der Waals surface area contributed by atoms with Gasteiger partial charge in [-0.25, -0.2) is 0 Å². The molecule has 0 saturated heterocycles. The maximum Gasteiger partial charge on any atom is 0.253 e. The zero-order chi connectivity index (χ0) is 44.1. The van der Waals surface area contributed by atoms with Crippen molar-refractivity contribution < 1.29 is 0 Å². The van der Waals surface area contributed by atoms with Gasteiger partial charge in [-0.1, -0.05) is 180 Å². The number of fused-ring (bicyclic) bond motifs is 4. The summed E-state index contributed by atoms with van der Waals surface area (Å²) in [6.07, 6.45) is 8.43. The molecule has 314 valence electrons. The fourth-order valence-corrected chi connectivity index (χ4v) is 10.0. The second kappa shape index (κ2) is 14.8. The lowest BCUT2D eigenvalue weighted by Gasteiger charge is -2.47. The molecule has 2 heterocycles. The lowest BCUT2D eigenvalue weighted by molar-refractivity contribution is 0.293. The Kier molecular flexibility index (Phi) is 9.97. The van der Waals surface area contributed by atoms with Crippen LogP contribution < -0.4 is 26.2 Å². The first kappa shape index (κ1) is 41.8. The van der Waals surface area contributed by atoms with E-state index in [1.54, 1.807) is 0 Å². The van der Waals surface area contributed by atoms with E-state index in [0.29, 0.717) is 5.92 Å². The molecular weight excluding hydrogens is 747 g/mol. The van der Waals surface area contributed by atoms with Crippen LogP contribution in [0.2, 0.25) is 0 Å². The molecule has 0 fully saturated rings. The first-order valence-corrected chi connectivity index (χ1v) is 22.9. The maximum atomic E-state index is 2.65. The molecule has 0 aromatic heterocycles. The SMILES string of the molecule is Cc1cc2c3c(c1)N(c1ccc(C(C)(C)C)cc1)c1cc(C(C)(C)C)cc(-c4ccccc4)c1B3c1c(-c3ccccc3)cc(C(C)(C)C)cc1N2C1=CCC(C(C)(C)C)C=C1. The highest BCUT2D eigenvalue weighted by molar-refractivity contribution is 7.01. The average molecular weight is 813 g/mol. The standard InChI is InChI=1S/C59H65BN2/c1-38-32-49-55-50(33-38)62(46-30-26-42(27-31-46)57(5,6)7)52-37-44(59(11,12)13)35-48(40-22-18-15-19-23-40)54(52)60(55)53-47(39-20-16-14-17-21-39)34-43(58(8,9)10)36-51(53)61(49)45-28-24-41(25-29-45)56(2,3)4/h14-26,28-37,42H,27H2,1-13H3. The van der Waals surface area contributed by atoms with Gasteiger partial charge >= 0.3 is 0 Å². The van der Waals surface area contributed by atoms with Crippen LogP contribution in [0.1, 0.15) is 112 Å². The monoisotopic (exact) mass is 813 g/mol. The van der Waals surface area contributed by atoms with E-state index in [0.717, 1.165) is 6.42 Å². The molecular formula is C59H65BN2. The Labute approximate surface area is 373 Å². The summed E-state index contributed by atoms with van der Waals surface area (Å²) >= 11 is 0. The Morgan fingerprint density at radius 2 is 0.935 bits per heavy atom. The van der Waals surface area contributed by atoms with Gasteiger partial charge in [0.2, 0.25) is 0 Å². The van der Waals surface area contributed by atoms with Crippen LogP contribution in [-0.2, 0) is 16.2 Å². The molecule has 3 aliphatic rings. The lowest BCUT2D eigenvalue weighted by atomic mass is 9.31. The zero-order valence-electron chi connectivity index (χ0n) is 39.5. The zero-order valence-corrected chi connectivity index (χ0v) is 39.5. The predicted molar refractivity (Wildman–Crippen MR) is 271 cm³/mol. The number of hydrogen-bond donors (Lipinski definition) is 0. The molecule has 0 bridgehead atoms. The fourth-order valence-electron chi connectivity index (χ4n) is 10.0. The number of anilines is 5. The van der Waals surface area contributed by atoms with Crippen LogP contribution >= 0.6 is 0 Å². The van der Waals surface area contributed by atoms with E-state index in [9.17, 15) is 0 Å². The quantitative estimate of drug-likeness (QED) is 0.163. The van der Waals surface area contributed by atoms with Crippen molar-refractivity contribution in [3.05, 3.63) is 168 Å². The molecule has 0 amide bonds. The summed E-state index contributed by atoms with van der Waals surface area (Å²) in [5.41, 5.74) is 22.0. The van der Waals surface area contributed by atoms with Gasteiger partial charge in [-0.05, 0) is 144 Å². The van der Waals surface area contributed by atoms with E-state index in [2.05, 4.69) is 239 Å². The summed E-state index contributed by atoms with van der Waals surface area (Å²) < 4.78 is 0. The van der Waals surface area contributed by atoms with Gasteiger partial charge < -0.3 is 9.80 Å². The second-order valence-electron chi connectivity index (χ2n) is 22.5. The largest absolute Gasteiger partial charge is 0.312 e. The van der Waals surface area contributed by atoms with Crippen LogP contribution in [0.25, 0.3) is 22.3 Å². The van der Waals surface area contributed by atoms with Gasteiger partial charge in [-0.2, -0.15) is 0 Å². The number of hydrogen-bond acceptors (Lipinski definition) is 2. The second-order valence-corrected chi connectivity index (χ2v) is 22.5. The highest BCUT2D eigenvalue weighted by Crippen LogP contribution is 2.49. The smallest absolute Gasteiger partial charge is 0.253 e. The van der Waals surface area contributed by atoms with E-state index in [1.807, 2.05) is 0 Å². The lowest BCUT2D eigenvalue weighted by Crippen LogP contribution is -2.63. The minimum absolute atomic E-state index is 0.0447. The highest BCUT2D eigenvalue weighted by Gasteiger charge is 2.47. The van der Waals surface area contributed by atoms with Crippen LogP contribution in [0.3, 0.4) is 0 Å². The van der Waals surface area contributed by atoms with Crippen molar-refractivity contribution in [3.8, 4) is 22.3 Å². The minimum Gasteiger partial charge on any atom is -0.312 e. The fraction of sp³-hybridized carbons (Fsp3) is 0.322. The third-order valence-electron chi connectivity index (χ3n) is 13.8. The third-order valence-corrected chi connectivity index (χ3v) is 13.8. The van der Waals surface area contributed by atoms with Crippen LogP contribution in [0.15, 0.2) is 145 Å². The van der Waals surface area contributed by atoms with Gasteiger partial charge in [-0.3, -0.25) is 0 Å². The molecule has 6 aromatic rings. The van der Waals surface area contributed by atoms with Gasteiger partial charge in [0.15, 0.2) is 0 Å². The Morgan fingerprint density at radius 1 is 0.484 bits per heavy atom. The van der Waals surface area contributed by atoms with E-state index >= 15 is 0 Å². The summed E-state index contributed by atoms with van der Waals surface area (Å²) in [6.45, 7) is 30.4. The Bertz CT molecular complexity index is 2740. The summed E-state index contributed by atoms with van der Waals surface area (Å²) in [7, 11) is 0. The normalized spacial score (nSPS) is 16.2. The van der Waals surface area contributed by atoms with Crippen molar-refractivity contribution >= 4 is 51.5 Å². The van der Waals surface area contributed by atoms with Gasteiger partial charge in [0, 0.05) is 34.1 Å². The third kappa shape index (κ3) is 7.26. The summed E-state index contributed by atoms with van der Waals surface area (Å²) in [6, 6.07) is 46.9. The van der Waals surface area contributed by atoms with Crippen LogP contribution in [0.4, 0.5) is 28.4 Å². The molecule has 1 aliphatic carbocycles. The molecule has 1 unspecified atom stereocenters. The first-order chi connectivity index (χ1) is 29.2. The van der Waals surface area contributed by atoms with Gasteiger partial charge in [0.1, 0.15) is 0 Å². The molecule has 2 aliphatic heterocycles. The highest BCUT2D eigenvalue weighted by atomic mass is 15.2. The molecule has 62 heavy (non-hydrogen) atoms. The number of benzene rings is 6. The predicted octanol–water partition coefficient (Wildman–Crippen LogP) is 14.5. The number of aryl methyl sites for hydroxylation is 1. The molecule has 3 heteroatoms. The molecule has 0 radical (unpaired) electrons. The Hall–Kier alpha value is -5.54. The van der Waals surface area contributed by atoms with E-state index in [-0.39, 0.29) is 28.4 Å². The van der Waals surface area contributed by atoms with Crippen molar-refractivity contribution in [2.45, 2.75) is 113 Å². The summed E-state index contributed by atoms with van der Waals surface area (Å²) in [5.74, 6) is 0.472. The number of allylic oxidation sites excluding steroid dienone is 3. The van der Waals surface area contributed by atoms with Crippen LogP contribution in [0.5, 0.6) is 0 Å².